The van der Waals surface area contributed by atoms with E-state index in [1.54, 1.807) is 37.0 Å². The van der Waals surface area contributed by atoms with Crippen LogP contribution in [0.5, 0.6) is 11.5 Å². The largest absolute Gasteiger partial charge is 0.493 e. The fraction of sp³-hybridized carbons (Fsp3) is 0.267. The zero-order chi connectivity index (χ0) is 16.0. The number of nitrogens with zero attached hydrogens (tertiary/aromatic N) is 3. The van der Waals surface area contributed by atoms with E-state index in [1.165, 1.54) is 14.2 Å². The Bertz CT molecular complexity index is 794. The molecule has 2 heterocycles. The molecule has 0 fully saturated rings. The van der Waals surface area contributed by atoms with Gasteiger partial charge in [0.05, 0.1) is 36.7 Å². The number of aryl methyl sites for hydroxylation is 2. The Morgan fingerprint density at radius 1 is 1.09 bits per heavy atom. The summed E-state index contributed by atoms with van der Waals surface area (Å²) in [4.78, 5) is 26.5. The summed E-state index contributed by atoms with van der Waals surface area (Å²) in [6.45, 7) is 1.75. The maximum Gasteiger partial charge on any atom is 0.270 e. The molecule has 2 aromatic rings. The van der Waals surface area contributed by atoms with Gasteiger partial charge in [0.1, 0.15) is 0 Å². The molecule has 3 rings (SSSR count). The maximum absolute atomic E-state index is 12.7. The van der Waals surface area contributed by atoms with Crippen molar-refractivity contribution in [3.8, 4) is 11.5 Å². The number of hydrogen-bond acceptors (Lipinski definition) is 5. The number of ether oxygens (including phenoxy) is 2. The van der Waals surface area contributed by atoms with Gasteiger partial charge in [-0.2, -0.15) is 5.10 Å². The SMILES string of the molecule is COc1ccc2c(c1OC)C(=O)N(c1cn(C)nc1C)C2=O. The number of fused-ring (bicyclic) bond motifs is 1. The van der Waals surface area contributed by atoms with Gasteiger partial charge in [-0.05, 0) is 19.1 Å². The summed E-state index contributed by atoms with van der Waals surface area (Å²) in [7, 11) is 4.65. The van der Waals surface area contributed by atoms with E-state index in [1.807, 2.05) is 0 Å². The van der Waals surface area contributed by atoms with Crippen molar-refractivity contribution in [1.29, 1.82) is 0 Å². The first-order valence-electron chi connectivity index (χ1n) is 6.63. The molecule has 2 amide bonds. The lowest BCUT2D eigenvalue weighted by Gasteiger charge is -2.12. The molecule has 7 heteroatoms. The number of aromatic nitrogens is 2. The van der Waals surface area contributed by atoms with E-state index in [0.717, 1.165) is 4.90 Å². The highest BCUT2D eigenvalue weighted by atomic mass is 16.5. The lowest BCUT2D eigenvalue weighted by Crippen LogP contribution is -2.29. The number of carbonyl (C=O) groups is 2. The minimum absolute atomic E-state index is 0.218. The highest BCUT2D eigenvalue weighted by Gasteiger charge is 2.41. The van der Waals surface area contributed by atoms with Crippen molar-refractivity contribution in [3.05, 3.63) is 35.2 Å². The highest BCUT2D eigenvalue weighted by molar-refractivity contribution is 6.35. The molecule has 0 saturated heterocycles. The van der Waals surface area contributed by atoms with E-state index in [4.69, 9.17) is 9.47 Å². The normalized spacial score (nSPS) is 13.5. The van der Waals surface area contributed by atoms with Crippen LogP contribution in [0, 0.1) is 6.92 Å². The molecule has 0 radical (unpaired) electrons. The quantitative estimate of drug-likeness (QED) is 0.804. The molecule has 1 aromatic carbocycles. The average molecular weight is 301 g/mol. The van der Waals surface area contributed by atoms with Gasteiger partial charge in [0.25, 0.3) is 11.8 Å². The molecular weight excluding hydrogens is 286 g/mol. The van der Waals surface area contributed by atoms with E-state index < -0.39 is 11.8 Å². The smallest absolute Gasteiger partial charge is 0.270 e. The molecule has 0 N–H and O–H groups in total. The van der Waals surface area contributed by atoms with Gasteiger partial charge in [0, 0.05) is 13.2 Å². The molecule has 1 aliphatic rings. The maximum atomic E-state index is 12.7. The van der Waals surface area contributed by atoms with Crippen molar-refractivity contribution in [3.63, 3.8) is 0 Å². The number of imide groups is 1. The summed E-state index contributed by atoms with van der Waals surface area (Å²) in [5.74, 6) is -0.154. The van der Waals surface area contributed by atoms with E-state index in [-0.39, 0.29) is 11.3 Å². The lowest BCUT2D eigenvalue weighted by molar-refractivity contribution is 0.0925. The van der Waals surface area contributed by atoms with Gasteiger partial charge in [-0.1, -0.05) is 0 Å². The van der Waals surface area contributed by atoms with Gasteiger partial charge in [0.2, 0.25) is 0 Å². The Labute approximate surface area is 127 Å². The minimum Gasteiger partial charge on any atom is -0.493 e. The van der Waals surface area contributed by atoms with Crippen LogP contribution in [0.1, 0.15) is 26.4 Å². The highest BCUT2D eigenvalue weighted by Crippen LogP contribution is 2.40. The molecule has 0 spiro atoms. The summed E-state index contributed by atoms with van der Waals surface area (Å²) >= 11 is 0. The molecule has 0 saturated carbocycles. The van der Waals surface area contributed by atoms with Crippen molar-refractivity contribution in [2.75, 3.05) is 19.1 Å². The standard InChI is InChI=1S/C15H15N3O4/c1-8-10(7-17(2)16-8)18-14(19)9-5-6-11(21-3)13(22-4)12(9)15(18)20/h5-7H,1-4H3. The fourth-order valence-electron chi connectivity index (χ4n) is 2.67. The van der Waals surface area contributed by atoms with Gasteiger partial charge < -0.3 is 9.47 Å². The summed E-state index contributed by atoms with van der Waals surface area (Å²) in [6.07, 6.45) is 1.64. The van der Waals surface area contributed by atoms with Crippen molar-refractivity contribution < 1.29 is 19.1 Å². The third kappa shape index (κ3) is 1.78. The Hall–Kier alpha value is -2.83. The molecule has 7 nitrogen and oxygen atoms in total. The predicted molar refractivity (Wildman–Crippen MR) is 78.6 cm³/mol. The van der Waals surface area contributed by atoms with Crippen molar-refractivity contribution >= 4 is 17.5 Å². The zero-order valence-corrected chi connectivity index (χ0v) is 12.7. The van der Waals surface area contributed by atoms with Crippen LogP contribution in [0.2, 0.25) is 0 Å². The van der Waals surface area contributed by atoms with Gasteiger partial charge in [-0.25, -0.2) is 4.90 Å². The van der Waals surface area contributed by atoms with Crippen LogP contribution in [0.3, 0.4) is 0 Å². The lowest BCUT2D eigenvalue weighted by atomic mass is 10.1. The number of rotatable bonds is 3. The van der Waals surface area contributed by atoms with Crippen LogP contribution in [0.4, 0.5) is 5.69 Å². The predicted octanol–water partition coefficient (Wildman–Crippen LogP) is 1.55. The Morgan fingerprint density at radius 2 is 1.82 bits per heavy atom. The Morgan fingerprint density at radius 3 is 2.36 bits per heavy atom. The monoisotopic (exact) mass is 301 g/mol. The molecule has 0 unspecified atom stereocenters. The van der Waals surface area contributed by atoms with Crippen LogP contribution < -0.4 is 14.4 Å². The van der Waals surface area contributed by atoms with E-state index >= 15 is 0 Å². The van der Waals surface area contributed by atoms with Crippen molar-refractivity contribution in [1.82, 2.24) is 9.78 Å². The molecule has 114 valence electrons. The molecular formula is C15H15N3O4. The molecule has 0 atom stereocenters. The van der Waals surface area contributed by atoms with Crippen molar-refractivity contribution in [2.24, 2.45) is 7.05 Å². The van der Waals surface area contributed by atoms with Crippen LogP contribution in [-0.2, 0) is 7.05 Å². The molecule has 1 aromatic heterocycles. The fourth-order valence-corrected chi connectivity index (χ4v) is 2.67. The van der Waals surface area contributed by atoms with Crippen LogP contribution in [0.15, 0.2) is 18.3 Å². The van der Waals surface area contributed by atoms with Crippen molar-refractivity contribution in [2.45, 2.75) is 6.92 Å². The number of anilines is 1. The zero-order valence-electron chi connectivity index (χ0n) is 12.7. The number of carbonyl (C=O) groups excluding carboxylic acids is 2. The van der Waals surface area contributed by atoms with Crippen LogP contribution in [-0.4, -0.2) is 35.8 Å². The van der Waals surface area contributed by atoms with Gasteiger partial charge in [0.15, 0.2) is 11.5 Å². The number of methoxy groups -OCH3 is 2. The summed E-state index contributed by atoms with van der Waals surface area (Å²) in [5, 5.41) is 4.18. The first-order chi connectivity index (χ1) is 10.5. The average Bonchev–Trinajstić information content (AvgIpc) is 2.95. The summed E-state index contributed by atoms with van der Waals surface area (Å²) in [6, 6.07) is 3.19. The van der Waals surface area contributed by atoms with Gasteiger partial charge in [-0.3, -0.25) is 14.3 Å². The van der Waals surface area contributed by atoms with Gasteiger partial charge in [-0.15, -0.1) is 0 Å². The topological polar surface area (TPSA) is 73.7 Å². The van der Waals surface area contributed by atoms with Crippen LogP contribution in [0.25, 0.3) is 0 Å². The third-order valence-electron chi connectivity index (χ3n) is 3.62. The van der Waals surface area contributed by atoms with E-state index in [0.29, 0.717) is 22.7 Å². The Balaban J connectivity index is 2.19. The number of amides is 2. The first-order valence-corrected chi connectivity index (χ1v) is 6.63. The Kier molecular flexibility index (Phi) is 3.13. The molecule has 0 aliphatic carbocycles. The number of hydrogen-bond donors (Lipinski definition) is 0. The van der Waals surface area contributed by atoms with E-state index in [2.05, 4.69) is 5.10 Å². The second-order valence-corrected chi connectivity index (χ2v) is 4.94. The van der Waals surface area contributed by atoms with E-state index in [9.17, 15) is 9.59 Å². The summed E-state index contributed by atoms with van der Waals surface area (Å²) < 4.78 is 12.0. The number of benzene rings is 1. The van der Waals surface area contributed by atoms with Gasteiger partial charge >= 0.3 is 0 Å². The minimum atomic E-state index is -0.438. The van der Waals surface area contributed by atoms with Crippen LogP contribution >= 0.6 is 0 Å². The second kappa shape index (κ2) is 4.87. The molecule has 22 heavy (non-hydrogen) atoms. The molecule has 1 aliphatic heterocycles. The summed E-state index contributed by atoms with van der Waals surface area (Å²) in [5.41, 5.74) is 1.58. The first kappa shape index (κ1) is 14.1. The second-order valence-electron chi connectivity index (χ2n) is 4.94. The third-order valence-corrected chi connectivity index (χ3v) is 3.62. The molecule has 0 bridgehead atoms.